The first-order chi connectivity index (χ1) is 19.8. The van der Waals surface area contributed by atoms with E-state index in [0.717, 1.165) is 52.4 Å². The lowest BCUT2D eigenvalue weighted by Crippen LogP contribution is -2.58. The van der Waals surface area contributed by atoms with Gasteiger partial charge in [0, 0.05) is 11.1 Å². The first-order valence-corrected chi connectivity index (χ1v) is 15.7. The predicted molar refractivity (Wildman–Crippen MR) is 165 cm³/mol. The van der Waals surface area contributed by atoms with E-state index in [1.165, 1.54) is 14.2 Å². The van der Waals surface area contributed by atoms with Crippen molar-refractivity contribution in [1.29, 1.82) is 0 Å². The van der Waals surface area contributed by atoms with E-state index < -0.39 is 23.4 Å². The Morgan fingerprint density at radius 1 is 0.929 bits per heavy atom. The molecule has 12 heteroatoms. The molecular formula is C30H32N2O7S3. The standard InChI is InChI=1S/C30H32N2O7S3/c1-14-11-18-19(12-15(14)2)32(20(33)13-31-25(34)16-9-7-8-10-17(16)26(31)35)30(3,4)24(40)21(18)29-41-22(27(36)38-5)23(42-29)28(37)39-6/h11-12,16-17H,7-10,13H2,1-6H3. The van der Waals surface area contributed by atoms with Crippen molar-refractivity contribution in [2.24, 2.45) is 11.8 Å². The minimum absolute atomic E-state index is 0.105. The van der Waals surface area contributed by atoms with Gasteiger partial charge >= 0.3 is 11.9 Å². The van der Waals surface area contributed by atoms with Crippen LogP contribution in [0.2, 0.25) is 0 Å². The Bertz CT molecular complexity index is 1470. The molecule has 0 radical (unpaired) electrons. The van der Waals surface area contributed by atoms with Crippen LogP contribution < -0.4 is 4.90 Å². The molecule has 0 spiro atoms. The molecule has 1 aromatic carbocycles. The van der Waals surface area contributed by atoms with E-state index in [1.807, 2.05) is 39.8 Å². The molecule has 1 aromatic rings. The summed E-state index contributed by atoms with van der Waals surface area (Å²) >= 11 is 8.22. The van der Waals surface area contributed by atoms with Gasteiger partial charge in [-0.1, -0.05) is 48.6 Å². The Kier molecular flexibility index (Phi) is 8.19. The van der Waals surface area contributed by atoms with Gasteiger partial charge in [-0.3, -0.25) is 24.2 Å². The number of likely N-dealkylation sites (tertiary alicyclic amines) is 1. The number of rotatable bonds is 4. The zero-order chi connectivity index (χ0) is 30.7. The third-order valence-corrected chi connectivity index (χ3v) is 11.7. The SMILES string of the molecule is COC(=O)C1=C(C(=O)OC)SC(=C2C(=S)C(C)(C)N(C(=O)CN3C(=O)C4CCCCC4C3=O)c3cc(C)c(C)cc32)S1. The molecule has 42 heavy (non-hydrogen) atoms. The van der Waals surface area contributed by atoms with Crippen LogP contribution in [0.15, 0.2) is 26.2 Å². The number of thioether (sulfide) groups is 2. The summed E-state index contributed by atoms with van der Waals surface area (Å²) in [5, 5.41) is 0. The summed E-state index contributed by atoms with van der Waals surface area (Å²) in [6, 6.07) is 3.84. The van der Waals surface area contributed by atoms with Crippen molar-refractivity contribution in [3.63, 3.8) is 0 Å². The molecule has 9 nitrogen and oxygen atoms in total. The van der Waals surface area contributed by atoms with Gasteiger partial charge in [0.1, 0.15) is 16.4 Å². The van der Waals surface area contributed by atoms with Crippen LogP contribution in [0, 0.1) is 25.7 Å². The van der Waals surface area contributed by atoms with E-state index in [1.54, 1.807) is 4.90 Å². The van der Waals surface area contributed by atoms with Crippen molar-refractivity contribution in [3.8, 4) is 0 Å². The van der Waals surface area contributed by atoms with E-state index in [2.05, 4.69) is 0 Å². The zero-order valence-electron chi connectivity index (χ0n) is 24.3. The highest BCUT2D eigenvalue weighted by Gasteiger charge is 2.51. The topological polar surface area (TPSA) is 110 Å². The van der Waals surface area contributed by atoms with Crippen molar-refractivity contribution >= 4 is 81.5 Å². The second-order valence-electron chi connectivity index (χ2n) is 11.3. The molecule has 2 atom stereocenters. The molecule has 3 heterocycles. The summed E-state index contributed by atoms with van der Waals surface area (Å²) in [6.45, 7) is 7.16. The number of thiocarbonyl (C=S) groups is 1. The number of methoxy groups -OCH3 is 2. The number of aryl methyl sites for hydroxylation is 2. The van der Waals surface area contributed by atoms with Gasteiger partial charge in [0.2, 0.25) is 17.7 Å². The van der Waals surface area contributed by atoms with Crippen molar-refractivity contribution in [1.82, 2.24) is 4.90 Å². The van der Waals surface area contributed by atoms with Gasteiger partial charge in [-0.15, -0.1) is 0 Å². The lowest BCUT2D eigenvalue weighted by Gasteiger charge is -2.46. The maximum absolute atomic E-state index is 14.1. The summed E-state index contributed by atoms with van der Waals surface area (Å²) in [6.07, 6.45) is 3.14. The number of imide groups is 1. The average molecular weight is 629 g/mol. The van der Waals surface area contributed by atoms with Crippen LogP contribution in [0.25, 0.3) is 5.57 Å². The van der Waals surface area contributed by atoms with Gasteiger partial charge < -0.3 is 9.47 Å². The summed E-state index contributed by atoms with van der Waals surface area (Å²) in [5.74, 6) is -2.97. The summed E-state index contributed by atoms with van der Waals surface area (Å²) in [5.41, 5.74) is 2.71. The number of benzene rings is 1. The quantitative estimate of drug-likeness (QED) is 0.202. The van der Waals surface area contributed by atoms with E-state index in [0.29, 0.717) is 38.8 Å². The van der Waals surface area contributed by atoms with Crippen LogP contribution in [0.1, 0.15) is 56.2 Å². The van der Waals surface area contributed by atoms with Gasteiger partial charge in [-0.25, -0.2) is 9.59 Å². The number of nitrogens with zero attached hydrogens (tertiary/aromatic N) is 2. The van der Waals surface area contributed by atoms with Crippen molar-refractivity contribution < 1.29 is 33.4 Å². The largest absolute Gasteiger partial charge is 0.465 e. The Morgan fingerprint density at radius 2 is 1.43 bits per heavy atom. The summed E-state index contributed by atoms with van der Waals surface area (Å²) < 4.78 is 10.4. The van der Waals surface area contributed by atoms with Gasteiger partial charge in [-0.05, 0) is 63.8 Å². The number of hydrogen-bond donors (Lipinski definition) is 0. The molecule has 2 unspecified atom stereocenters. The van der Waals surface area contributed by atoms with Crippen LogP contribution >= 0.6 is 35.7 Å². The fourth-order valence-corrected chi connectivity index (χ4v) is 9.15. The van der Waals surface area contributed by atoms with Crippen molar-refractivity contribution in [2.75, 3.05) is 25.7 Å². The normalized spacial score (nSPS) is 23.3. The van der Waals surface area contributed by atoms with Gasteiger partial charge in [-0.2, -0.15) is 0 Å². The zero-order valence-corrected chi connectivity index (χ0v) is 26.8. The van der Waals surface area contributed by atoms with Gasteiger partial charge in [0.15, 0.2) is 0 Å². The molecule has 1 aliphatic carbocycles. The number of carbonyl (C=O) groups is 5. The Balaban J connectivity index is 1.59. The van der Waals surface area contributed by atoms with E-state index in [-0.39, 0.29) is 40.0 Å². The highest BCUT2D eigenvalue weighted by molar-refractivity contribution is 8.29. The summed E-state index contributed by atoms with van der Waals surface area (Å²) in [4.78, 5) is 69.1. The lowest BCUT2D eigenvalue weighted by molar-refractivity contribution is -0.143. The average Bonchev–Trinajstić information content (AvgIpc) is 3.50. The lowest BCUT2D eigenvalue weighted by atomic mass is 9.81. The van der Waals surface area contributed by atoms with Crippen LogP contribution in [0.4, 0.5) is 5.69 Å². The predicted octanol–water partition coefficient (Wildman–Crippen LogP) is 4.68. The van der Waals surface area contributed by atoms with Crippen LogP contribution in [-0.2, 0) is 33.4 Å². The molecular weight excluding hydrogens is 597 g/mol. The van der Waals surface area contributed by atoms with E-state index in [4.69, 9.17) is 21.7 Å². The van der Waals surface area contributed by atoms with Crippen molar-refractivity contribution in [3.05, 3.63) is 42.9 Å². The molecule has 1 saturated heterocycles. The number of fused-ring (bicyclic) bond motifs is 2. The molecule has 0 aromatic heterocycles. The number of carbonyl (C=O) groups excluding carboxylic acids is 5. The molecule has 0 bridgehead atoms. The minimum Gasteiger partial charge on any atom is -0.465 e. The Labute approximate surface area is 258 Å². The smallest absolute Gasteiger partial charge is 0.346 e. The van der Waals surface area contributed by atoms with E-state index >= 15 is 0 Å². The third kappa shape index (κ3) is 4.81. The number of hydrogen-bond acceptors (Lipinski definition) is 10. The second kappa shape index (κ2) is 11.3. The van der Waals surface area contributed by atoms with Gasteiger partial charge in [0.25, 0.3) is 0 Å². The monoisotopic (exact) mass is 628 g/mol. The van der Waals surface area contributed by atoms with Crippen molar-refractivity contribution in [2.45, 2.75) is 58.9 Å². The highest BCUT2D eigenvalue weighted by Crippen LogP contribution is 2.56. The molecule has 222 valence electrons. The highest BCUT2D eigenvalue weighted by atomic mass is 32.2. The Hall–Kier alpha value is -2.96. The number of amides is 3. The first-order valence-electron chi connectivity index (χ1n) is 13.7. The third-order valence-electron chi connectivity index (χ3n) is 8.48. The maximum Gasteiger partial charge on any atom is 0.346 e. The molecule has 3 aliphatic heterocycles. The minimum atomic E-state index is -1.05. The summed E-state index contributed by atoms with van der Waals surface area (Å²) in [7, 11) is 2.48. The maximum atomic E-state index is 14.1. The van der Waals surface area contributed by atoms with Gasteiger partial charge in [0.05, 0.1) is 46.4 Å². The number of ether oxygens (including phenoxy) is 2. The fourth-order valence-electron chi connectivity index (χ4n) is 6.11. The number of esters is 2. The molecule has 4 aliphatic rings. The van der Waals surface area contributed by atoms with Crippen LogP contribution in [-0.4, -0.2) is 65.7 Å². The molecule has 2 fully saturated rings. The van der Waals surface area contributed by atoms with Crippen LogP contribution in [0.5, 0.6) is 0 Å². The Morgan fingerprint density at radius 3 is 1.93 bits per heavy atom. The van der Waals surface area contributed by atoms with E-state index in [9.17, 15) is 24.0 Å². The second-order valence-corrected chi connectivity index (χ2v) is 14.0. The number of anilines is 1. The fraction of sp³-hybridized carbons (Fsp3) is 0.467. The molecule has 1 saturated carbocycles. The molecule has 5 rings (SSSR count). The first kappa shape index (κ1) is 30.5. The molecule has 3 amide bonds. The molecule has 0 N–H and O–H groups in total. The van der Waals surface area contributed by atoms with Crippen LogP contribution in [0.3, 0.4) is 0 Å².